The second-order valence-corrected chi connectivity index (χ2v) is 7.28. The summed E-state index contributed by atoms with van der Waals surface area (Å²) < 4.78 is 7.78. The van der Waals surface area contributed by atoms with Gasteiger partial charge in [-0.05, 0) is 56.8 Å². The molecule has 0 spiro atoms. The highest BCUT2D eigenvalue weighted by atomic mass is 16.5. The summed E-state index contributed by atoms with van der Waals surface area (Å²) in [7, 11) is 0. The lowest BCUT2D eigenvalue weighted by molar-refractivity contribution is -0.132. The van der Waals surface area contributed by atoms with Crippen LogP contribution in [0, 0.1) is 5.92 Å². The molecule has 2 N–H and O–H groups in total. The van der Waals surface area contributed by atoms with Crippen molar-refractivity contribution in [3.63, 3.8) is 0 Å². The average molecular weight is 354 g/mol. The molecule has 6 nitrogen and oxygen atoms in total. The largest absolute Gasteiger partial charge is 0.493 e. The van der Waals surface area contributed by atoms with Gasteiger partial charge in [-0.2, -0.15) is 5.10 Å². The number of ether oxygens (including phenoxy) is 1. The van der Waals surface area contributed by atoms with Crippen LogP contribution >= 0.6 is 0 Å². The third-order valence-electron chi connectivity index (χ3n) is 5.38. The maximum absolute atomic E-state index is 13.1. The summed E-state index contributed by atoms with van der Waals surface area (Å²) in [5, 5.41) is 10.8. The third kappa shape index (κ3) is 3.60. The van der Waals surface area contributed by atoms with Crippen LogP contribution in [0.15, 0.2) is 42.7 Å². The van der Waals surface area contributed by atoms with Crippen LogP contribution in [0.5, 0.6) is 5.75 Å². The SMILES string of the molecule is O=C(NCc1ccccc1OCC1CC1)C1(n2cccn2)CCNCC1. The fourth-order valence-electron chi connectivity index (χ4n) is 3.55. The van der Waals surface area contributed by atoms with Crippen molar-refractivity contribution in [2.45, 2.75) is 37.8 Å². The number of hydrogen-bond acceptors (Lipinski definition) is 4. The number of para-hydroxylation sites is 1. The van der Waals surface area contributed by atoms with E-state index in [4.69, 9.17) is 4.74 Å². The van der Waals surface area contributed by atoms with E-state index in [9.17, 15) is 4.79 Å². The molecule has 0 radical (unpaired) electrons. The molecule has 26 heavy (non-hydrogen) atoms. The molecule has 2 heterocycles. The number of aromatic nitrogens is 2. The normalized spacial score (nSPS) is 19.1. The Balaban J connectivity index is 1.45. The van der Waals surface area contributed by atoms with Crippen LogP contribution in [0.3, 0.4) is 0 Å². The predicted molar refractivity (Wildman–Crippen MR) is 98.8 cm³/mol. The molecule has 0 bridgehead atoms. The summed E-state index contributed by atoms with van der Waals surface area (Å²) in [6, 6.07) is 9.84. The number of piperidine rings is 1. The van der Waals surface area contributed by atoms with Gasteiger partial charge in [0.15, 0.2) is 0 Å². The molecule has 1 amide bonds. The lowest BCUT2D eigenvalue weighted by atomic mass is 9.87. The van der Waals surface area contributed by atoms with Crippen molar-refractivity contribution in [2.24, 2.45) is 5.92 Å². The van der Waals surface area contributed by atoms with Crippen molar-refractivity contribution in [1.29, 1.82) is 0 Å². The standard InChI is InChI=1S/C20H26N4O2/c25-19(20(8-11-21-12-9-20)24-13-3-10-23-24)22-14-17-4-1-2-5-18(17)26-15-16-6-7-16/h1-5,10,13,16,21H,6-9,11-12,14-15H2,(H,22,25). The molecule has 4 rings (SSSR count). The second kappa shape index (κ2) is 7.50. The van der Waals surface area contributed by atoms with Gasteiger partial charge in [-0.1, -0.05) is 18.2 Å². The highest BCUT2D eigenvalue weighted by Gasteiger charge is 2.41. The monoisotopic (exact) mass is 354 g/mol. The molecule has 1 saturated heterocycles. The highest BCUT2D eigenvalue weighted by molar-refractivity contribution is 5.84. The first-order valence-corrected chi connectivity index (χ1v) is 9.48. The van der Waals surface area contributed by atoms with E-state index in [1.807, 2.05) is 41.2 Å². The first-order chi connectivity index (χ1) is 12.8. The Kier molecular flexibility index (Phi) is 4.93. The molecule has 1 saturated carbocycles. The van der Waals surface area contributed by atoms with Gasteiger partial charge in [0.25, 0.3) is 0 Å². The summed E-state index contributed by atoms with van der Waals surface area (Å²) >= 11 is 0. The third-order valence-corrected chi connectivity index (χ3v) is 5.38. The van der Waals surface area contributed by atoms with E-state index >= 15 is 0 Å². The number of benzene rings is 1. The number of nitrogens with one attached hydrogen (secondary N) is 2. The molecule has 1 aromatic heterocycles. The summed E-state index contributed by atoms with van der Waals surface area (Å²) in [6.07, 6.45) is 7.62. The number of nitrogens with zero attached hydrogens (tertiary/aromatic N) is 2. The summed E-state index contributed by atoms with van der Waals surface area (Å²) in [6.45, 7) is 2.87. The van der Waals surface area contributed by atoms with E-state index in [0.29, 0.717) is 12.5 Å². The molecule has 1 aromatic carbocycles. The van der Waals surface area contributed by atoms with Crippen LogP contribution in [-0.2, 0) is 16.9 Å². The first-order valence-electron chi connectivity index (χ1n) is 9.48. The lowest BCUT2D eigenvalue weighted by Gasteiger charge is -2.36. The maximum atomic E-state index is 13.1. The smallest absolute Gasteiger partial charge is 0.248 e. The number of carbonyl (C=O) groups excluding carboxylic acids is 1. The molecular formula is C20H26N4O2. The lowest BCUT2D eigenvalue weighted by Crippen LogP contribution is -2.54. The molecule has 2 aromatic rings. The maximum Gasteiger partial charge on any atom is 0.248 e. The van der Waals surface area contributed by atoms with E-state index < -0.39 is 5.54 Å². The summed E-state index contributed by atoms with van der Waals surface area (Å²) in [5.74, 6) is 1.60. The number of hydrogen-bond donors (Lipinski definition) is 2. The molecule has 1 aliphatic heterocycles. The molecule has 0 unspecified atom stereocenters. The zero-order chi connectivity index (χ0) is 17.8. The van der Waals surface area contributed by atoms with Gasteiger partial charge in [0.05, 0.1) is 6.61 Å². The molecule has 2 aliphatic rings. The van der Waals surface area contributed by atoms with Gasteiger partial charge in [0.2, 0.25) is 5.91 Å². The fraction of sp³-hybridized carbons (Fsp3) is 0.500. The fourth-order valence-corrected chi connectivity index (χ4v) is 3.55. The van der Waals surface area contributed by atoms with Gasteiger partial charge in [-0.25, -0.2) is 0 Å². The number of amides is 1. The van der Waals surface area contributed by atoms with Crippen molar-refractivity contribution in [2.75, 3.05) is 19.7 Å². The van der Waals surface area contributed by atoms with Crippen LogP contribution in [0.4, 0.5) is 0 Å². The quantitative estimate of drug-likeness (QED) is 0.799. The summed E-state index contributed by atoms with van der Waals surface area (Å²) in [5.41, 5.74) is 0.407. The number of carbonyl (C=O) groups is 1. The Morgan fingerprint density at radius 3 is 2.81 bits per heavy atom. The first kappa shape index (κ1) is 17.1. The van der Waals surface area contributed by atoms with Gasteiger partial charge in [-0.3, -0.25) is 9.48 Å². The Bertz CT molecular complexity index is 734. The van der Waals surface area contributed by atoms with Crippen molar-refractivity contribution in [1.82, 2.24) is 20.4 Å². The van der Waals surface area contributed by atoms with E-state index in [-0.39, 0.29) is 5.91 Å². The van der Waals surface area contributed by atoms with Gasteiger partial charge >= 0.3 is 0 Å². The van der Waals surface area contributed by atoms with Crippen molar-refractivity contribution in [3.05, 3.63) is 48.3 Å². The Labute approximate surface area is 153 Å². The molecule has 1 aliphatic carbocycles. The minimum absolute atomic E-state index is 0.0275. The van der Waals surface area contributed by atoms with Gasteiger partial charge in [0.1, 0.15) is 11.3 Å². The second-order valence-electron chi connectivity index (χ2n) is 7.28. The minimum atomic E-state index is -0.613. The van der Waals surface area contributed by atoms with Crippen molar-refractivity contribution >= 4 is 5.91 Å². The van der Waals surface area contributed by atoms with Gasteiger partial charge in [-0.15, -0.1) is 0 Å². The zero-order valence-electron chi connectivity index (χ0n) is 15.0. The van der Waals surface area contributed by atoms with E-state index in [1.54, 1.807) is 6.20 Å². The Morgan fingerprint density at radius 1 is 1.27 bits per heavy atom. The Morgan fingerprint density at radius 2 is 2.08 bits per heavy atom. The molecule has 6 heteroatoms. The number of rotatable bonds is 7. The summed E-state index contributed by atoms with van der Waals surface area (Å²) in [4.78, 5) is 13.1. The van der Waals surface area contributed by atoms with E-state index in [1.165, 1.54) is 12.8 Å². The molecule has 0 atom stereocenters. The van der Waals surface area contributed by atoms with Gasteiger partial charge < -0.3 is 15.4 Å². The molecular weight excluding hydrogens is 328 g/mol. The van der Waals surface area contributed by atoms with Crippen molar-refractivity contribution in [3.8, 4) is 5.75 Å². The van der Waals surface area contributed by atoms with Gasteiger partial charge in [0, 0.05) is 24.5 Å². The van der Waals surface area contributed by atoms with E-state index in [2.05, 4.69) is 15.7 Å². The topological polar surface area (TPSA) is 68.2 Å². The van der Waals surface area contributed by atoms with Crippen LogP contribution in [-0.4, -0.2) is 35.4 Å². The Hall–Kier alpha value is -2.34. The van der Waals surface area contributed by atoms with Crippen LogP contribution in [0.25, 0.3) is 0 Å². The predicted octanol–water partition coefficient (Wildman–Crippen LogP) is 2.07. The average Bonchev–Trinajstić information content (AvgIpc) is 3.35. The molecule has 2 fully saturated rings. The van der Waals surface area contributed by atoms with Crippen LogP contribution < -0.4 is 15.4 Å². The van der Waals surface area contributed by atoms with Crippen molar-refractivity contribution < 1.29 is 9.53 Å². The minimum Gasteiger partial charge on any atom is -0.493 e. The van der Waals surface area contributed by atoms with Crippen LogP contribution in [0.1, 0.15) is 31.2 Å². The van der Waals surface area contributed by atoms with Crippen LogP contribution in [0.2, 0.25) is 0 Å². The zero-order valence-corrected chi connectivity index (χ0v) is 15.0. The highest BCUT2D eigenvalue weighted by Crippen LogP contribution is 2.31. The van der Waals surface area contributed by atoms with E-state index in [0.717, 1.165) is 43.9 Å². The molecule has 138 valence electrons.